The van der Waals surface area contributed by atoms with Crippen LogP contribution in [0.1, 0.15) is 67.4 Å². The van der Waals surface area contributed by atoms with E-state index in [0.29, 0.717) is 17.3 Å². The quantitative estimate of drug-likeness (QED) is 0.0771. The first-order valence-corrected chi connectivity index (χ1v) is 13.4. The number of hydrogen-bond acceptors (Lipinski definition) is 6. The van der Waals surface area contributed by atoms with Gasteiger partial charge < -0.3 is 21.8 Å². The van der Waals surface area contributed by atoms with Crippen LogP contribution in [0.15, 0.2) is 69.2 Å². The molecule has 0 aromatic heterocycles. The van der Waals surface area contributed by atoms with E-state index in [2.05, 4.69) is 80.2 Å². The van der Waals surface area contributed by atoms with E-state index in [4.69, 9.17) is 11.1 Å². The normalized spacial score (nSPS) is 12.1. The van der Waals surface area contributed by atoms with Crippen LogP contribution >= 0.6 is 11.8 Å². The molecule has 7 heteroatoms. The fourth-order valence-electron chi connectivity index (χ4n) is 2.15. The number of allylic oxidation sites excluding steroid dienone is 4. The zero-order valence-corrected chi connectivity index (χ0v) is 24.9. The van der Waals surface area contributed by atoms with Crippen LogP contribution in [0.5, 0.6) is 0 Å². The summed E-state index contributed by atoms with van der Waals surface area (Å²) in [6, 6.07) is 8.91. The van der Waals surface area contributed by atoms with Crippen LogP contribution in [-0.4, -0.2) is 43.8 Å². The third-order valence-corrected chi connectivity index (χ3v) is 5.54. The topological polar surface area (TPSA) is 103 Å². The summed E-state index contributed by atoms with van der Waals surface area (Å²) in [4.78, 5) is 15.2. The van der Waals surface area contributed by atoms with Crippen molar-refractivity contribution in [3.05, 3.63) is 64.9 Å². The average molecular weight is 518 g/mol. The number of hydrogen-bond donors (Lipinski definition) is 4. The lowest BCUT2D eigenvalue weighted by Crippen LogP contribution is -2.29. The van der Waals surface area contributed by atoms with Gasteiger partial charge in [-0.1, -0.05) is 62.8 Å². The summed E-state index contributed by atoms with van der Waals surface area (Å²) in [6.07, 6.45) is 6.61. The lowest BCUT2D eigenvalue weighted by atomic mass is 10.1. The third kappa shape index (κ3) is 23.0. The number of benzene rings is 1. The Balaban J connectivity index is -0.000000404. The molecule has 2 rings (SSSR count). The van der Waals surface area contributed by atoms with Crippen LogP contribution in [0.3, 0.4) is 0 Å². The van der Waals surface area contributed by atoms with E-state index in [-0.39, 0.29) is 0 Å². The molecule has 36 heavy (non-hydrogen) atoms. The van der Waals surface area contributed by atoms with Gasteiger partial charge in [0, 0.05) is 35.0 Å². The number of aryl methyl sites for hydroxylation is 1. The molecule has 5 N–H and O–H groups in total. The first-order chi connectivity index (χ1) is 17.1. The predicted octanol–water partition coefficient (Wildman–Crippen LogP) is 6.67. The van der Waals surface area contributed by atoms with Crippen molar-refractivity contribution < 1.29 is 4.79 Å². The Morgan fingerprint density at radius 2 is 1.86 bits per heavy atom. The highest BCUT2D eigenvalue weighted by Gasteiger charge is 2.08. The second-order valence-corrected chi connectivity index (χ2v) is 9.17. The zero-order chi connectivity index (χ0) is 28.4. The zero-order valence-electron chi connectivity index (χ0n) is 24.1. The Kier molecular flexibility index (Phi) is 28.1. The molecule has 0 saturated heterocycles. The number of nitrogens with one attached hydrogen (secondary N) is 3. The van der Waals surface area contributed by atoms with Gasteiger partial charge >= 0.3 is 0 Å². The molecule has 1 atom stereocenters. The summed E-state index contributed by atoms with van der Waals surface area (Å²) >= 11 is 1.90. The second-order valence-electron chi connectivity index (χ2n) is 7.87. The maximum Gasteiger partial charge on any atom is 0.207 e. The summed E-state index contributed by atoms with van der Waals surface area (Å²) < 4.78 is 0. The molecule has 1 heterocycles. The van der Waals surface area contributed by atoms with Gasteiger partial charge in [-0.15, -0.1) is 11.8 Å². The van der Waals surface area contributed by atoms with Crippen LogP contribution in [0, 0.1) is 12.3 Å². The van der Waals surface area contributed by atoms with Crippen molar-refractivity contribution in [1.82, 2.24) is 10.6 Å². The number of amides is 1. The molecule has 0 spiro atoms. The Bertz CT molecular complexity index is 800. The lowest BCUT2D eigenvalue weighted by Gasteiger charge is -2.07. The van der Waals surface area contributed by atoms with Crippen LogP contribution in [0.4, 0.5) is 0 Å². The number of thioether (sulfide) groups is 1. The van der Waals surface area contributed by atoms with Crippen molar-refractivity contribution in [3.8, 4) is 0 Å². The largest absolute Gasteiger partial charge is 0.398 e. The SMILES string of the molecule is C=C(C=N)C(N)=C(C)C.CC.CC=C(C)C.CCSc1ccccc1C.O=CNCCC1CN=CN1. The third-order valence-electron chi connectivity index (χ3n) is 4.48. The number of nitrogens with two attached hydrogens (primary N) is 1. The Labute approximate surface area is 225 Å². The van der Waals surface area contributed by atoms with Crippen molar-refractivity contribution in [3.63, 3.8) is 0 Å². The molecule has 1 aliphatic heterocycles. The minimum atomic E-state index is 0.424. The van der Waals surface area contributed by atoms with E-state index in [1.54, 1.807) is 6.34 Å². The molecule has 0 fully saturated rings. The monoisotopic (exact) mass is 517 g/mol. The number of carbonyl (C=O) groups excluding carboxylic acids is 1. The minimum absolute atomic E-state index is 0.424. The molecule has 1 aliphatic rings. The summed E-state index contributed by atoms with van der Waals surface area (Å²) in [5.41, 5.74) is 10.5. The van der Waals surface area contributed by atoms with Gasteiger partial charge in [0.1, 0.15) is 0 Å². The van der Waals surface area contributed by atoms with Gasteiger partial charge in [-0.25, -0.2) is 0 Å². The van der Waals surface area contributed by atoms with E-state index in [9.17, 15) is 4.79 Å². The summed E-state index contributed by atoms with van der Waals surface area (Å²) in [5.74, 6) is 1.16. The maximum absolute atomic E-state index is 9.82. The first-order valence-electron chi connectivity index (χ1n) is 12.5. The van der Waals surface area contributed by atoms with Crippen LogP contribution < -0.4 is 16.4 Å². The van der Waals surface area contributed by atoms with Gasteiger partial charge in [-0.2, -0.15) is 0 Å². The number of nitrogens with zero attached hydrogens (tertiary/aromatic N) is 1. The Morgan fingerprint density at radius 1 is 1.28 bits per heavy atom. The standard InChI is InChI=1S/C9H12S.C7H12N2.C6H11N3O.C5H10.C2H6/c1-3-10-9-7-5-4-6-8(9)2;1-5(2)7(9)6(3)4-8;10-5-7-2-1-6-3-8-4-9-6;1-4-5(2)3;1-2/h4-7H,3H2,1-2H3;4,8H,3,9H2,1-2H3;4-6H,1-3H2,(H,7,10)(H,8,9);4H,1-3H3;1-2H3. The predicted molar refractivity (Wildman–Crippen MR) is 163 cm³/mol. The molecule has 0 aliphatic carbocycles. The first kappa shape index (κ1) is 37.7. The molecule has 1 amide bonds. The second kappa shape index (κ2) is 26.8. The van der Waals surface area contributed by atoms with Crippen molar-refractivity contribution in [2.75, 3.05) is 18.8 Å². The Morgan fingerprint density at radius 3 is 2.22 bits per heavy atom. The number of carbonyl (C=O) groups is 1. The van der Waals surface area contributed by atoms with Crippen molar-refractivity contribution in [1.29, 1.82) is 5.41 Å². The van der Waals surface area contributed by atoms with Gasteiger partial charge in [0.2, 0.25) is 6.41 Å². The van der Waals surface area contributed by atoms with E-state index < -0.39 is 0 Å². The van der Waals surface area contributed by atoms with Crippen molar-refractivity contribution in [2.24, 2.45) is 10.7 Å². The van der Waals surface area contributed by atoms with Crippen molar-refractivity contribution in [2.45, 2.75) is 79.7 Å². The van der Waals surface area contributed by atoms with E-state index in [0.717, 1.165) is 43.5 Å². The molecule has 0 bridgehead atoms. The van der Waals surface area contributed by atoms with Crippen LogP contribution in [-0.2, 0) is 4.79 Å². The highest BCUT2D eigenvalue weighted by molar-refractivity contribution is 7.99. The van der Waals surface area contributed by atoms with E-state index in [1.807, 2.05) is 46.4 Å². The molecule has 1 unspecified atom stereocenters. The molecule has 0 saturated carbocycles. The van der Waals surface area contributed by atoms with Gasteiger partial charge in [-0.05, 0) is 65.3 Å². The molecule has 1 aromatic rings. The van der Waals surface area contributed by atoms with Gasteiger partial charge in [-0.3, -0.25) is 9.79 Å². The summed E-state index contributed by atoms with van der Waals surface area (Å²) in [6.45, 7) is 23.4. The summed E-state index contributed by atoms with van der Waals surface area (Å²) in [5, 5.41) is 12.5. The highest BCUT2D eigenvalue weighted by atomic mass is 32.2. The van der Waals surface area contributed by atoms with Gasteiger partial charge in [0.25, 0.3) is 0 Å². The Hall–Kier alpha value is -2.80. The highest BCUT2D eigenvalue weighted by Crippen LogP contribution is 2.20. The van der Waals surface area contributed by atoms with E-state index >= 15 is 0 Å². The van der Waals surface area contributed by atoms with Crippen LogP contribution in [0.2, 0.25) is 0 Å². The van der Waals surface area contributed by atoms with Gasteiger partial charge in [0.15, 0.2) is 0 Å². The number of aliphatic imine (C=N–C) groups is 1. The number of rotatable bonds is 8. The molecule has 6 nitrogen and oxygen atoms in total. The maximum atomic E-state index is 9.82. The van der Waals surface area contributed by atoms with Gasteiger partial charge in [0.05, 0.1) is 12.9 Å². The molecule has 0 radical (unpaired) electrons. The smallest absolute Gasteiger partial charge is 0.207 e. The average Bonchev–Trinajstić information content (AvgIpc) is 3.40. The molecule has 1 aromatic carbocycles. The lowest BCUT2D eigenvalue weighted by molar-refractivity contribution is -0.109. The molecule has 204 valence electrons. The van der Waals surface area contributed by atoms with Crippen LogP contribution in [0.25, 0.3) is 0 Å². The van der Waals surface area contributed by atoms with E-state index in [1.165, 1.54) is 16.0 Å². The molecular formula is C29H51N5OS. The fraction of sp³-hybridized carbons (Fsp3) is 0.483. The summed E-state index contributed by atoms with van der Waals surface area (Å²) in [7, 11) is 0. The van der Waals surface area contributed by atoms with Crippen molar-refractivity contribution >= 4 is 30.7 Å². The molecular weight excluding hydrogens is 466 g/mol. The fourth-order valence-corrected chi connectivity index (χ4v) is 2.94. The minimum Gasteiger partial charge on any atom is -0.398 e.